The minimum atomic E-state index is -0.598. The molecule has 4 heteroatoms. The molecule has 1 aliphatic heterocycles. The first-order valence-electron chi connectivity index (χ1n) is 4.89. The minimum Gasteiger partial charge on any atom is -0.373 e. The van der Waals surface area contributed by atoms with Crippen molar-refractivity contribution in [2.75, 3.05) is 0 Å². The van der Waals surface area contributed by atoms with Crippen LogP contribution in [0.15, 0.2) is 0 Å². The van der Waals surface area contributed by atoms with Gasteiger partial charge in [0.25, 0.3) is 0 Å². The molecule has 0 spiro atoms. The van der Waals surface area contributed by atoms with E-state index in [4.69, 9.17) is 0 Å². The number of alkyl halides is 1. The summed E-state index contributed by atoms with van der Waals surface area (Å²) in [7, 11) is 0. The summed E-state index contributed by atoms with van der Waals surface area (Å²) in [5.41, 5.74) is -0.0572. The molecule has 1 aliphatic rings. The lowest BCUT2D eigenvalue weighted by atomic mass is 9.80. The zero-order chi connectivity index (χ0) is 11.1. The third-order valence-corrected chi connectivity index (χ3v) is 3.35. The molecule has 0 aromatic carbocycles. The molecule has 0 aliphatic carbocycles. The molecule has 1 N–H and O–H groups in total. The monoisotopic (exact) mass is 311 g/mol. The van der Waals surface area contributed by atoms with Gasteiger partial charge in [-0.15, -0.1) is 0 Å². The first kappa shape index (κ1) is 12.2. The number of aliphatic hydroxyl groups excluding tert-OH is 1. The van der Waals surface area contributed by atoms with E-state index in [0.29, 0.717) is 6.42 Å². The average Bonchev–Trinajstić information content (AvgIpc) is 2.24. The van der Waals surface area contributed by atoms with Crippen molar-refractivity contribution >= 4 is 28.5 Å². The molecule has 0 saturated carbocycles. The largest absolute Gasteiger partial charge is 0.373 e. The highest BCUT2D eigenvalue weighted by Gasteiger charge is 2.45. The third kappa shape index (κ3) is 2.21. The predicted molar refractivity (Wildman–Crippen MR) is 63.9 cm³/mol. The van der Waals surface area contributed by atoms with Crippen LogP contribution < -0.4 is 0 Å². The highest BCUT2D eigenvalue weighted by molar-refractivity contribution is 14.1. The first-order chi connectivity index (χ1) is 6.25. The highest BCUT2D eigenvalue weighted by atomic mass is 127. The van der Waals surface area contributed by atoms with Crippen molar-refractivity contribution in [2.24, 2.45) is 11.3 Å². The van der Waals surface area contributed by atoms with E-state index in [9.17, 15) is 9.90 Å². The maximum atomic E-state index is 12.0. The van der Waals surface area contributed by atoms with Gasteiger partial charge in [-0.2, -0.15) is 0 Å². The van der Waals surface area contributed by atoms with Gasteiger partial charge in [0, 0.05) is 12.3 Å². The molecule has 1 amide bonds. The predicted octanol–water partition coefficient (Wildman–Crippen LogP) is 1.98. The molecule has 0 aromatic rings. The zero-order valence-corrected chi connectivity index (χ0v) is 11.3. The van der Waals surface area contributed by atoms with Gasteiger partial charge in [-0.25, -0.2) is 0 Å². The van der Waals surface area contributed by atoms with Crippen LogP contribution in [-0.4, -0.2) is 26.2 Å². The van der Waals surface area contributed by atoms with Crippen LogP contribution in [0.2, 0.25) is 0 Å². The Morgan fingerprint density at radius 3 is 2.29 bits per heavy atom. The van der Waals surface area contributed by atoms with E-state index in [2.05, 4.69) is 22.6 Å². The van der Waals surface area contributed by atoms with E-state index in [1.807, 2.05) is 27.7 Å². The number of halogens is 1. The van der Waals surface area contributed by atoms with E-state index in [0.717, 1.165) is 0 Å². The topological polar surface area (TPSA) is 40.5 Å². The normalized spacial score (nSPS) is 31.0. The summed E-state index contributed by atoms with van der Waals surface area (Å²) in [4.78, 5) is 13.5. The summed E-state index contributed by atoms with van der Waals surface area (Å²) in [5, 5.41) is 9.76. The smallest absolute Gasteiger partial charge is 0.229 e. The molecule has 1 rings (SSSR count). The minimum absolute atomic E-state index is 0.0466. The highest BCUT2D eigenvalue weighted by Crippen LogP contribution is 2.38. The van der Waals surface area contributed by atoms with Crippen LogP contribution in [0.4, 0.5) is 0 Å². The molecule has 3 nitrogen and oxygen atoms in total. The Bertz CT molecular complexity index is 235. The van der Waals surface area contributed by atoms with Crippen LogP contribution in [0.5, 0.6) is 0 Å². The molecule has 1 fully saturated rings. The molecular formula is C10H18INO2. The summed E-state index contributed by atoms with van der Waals surface area (Å²) >= 11 is 2.16. The summed E-state index contributed by atoms with van der Waals surface area (Å²) in [6.45, 7) is 8.06. The summed E-state index contributed by atoms with van der Waals surface area (Å²) in [6.07, 6.45) is -0.0333. The van der Waals surface area contributed by atoms with Crippen molar-refractivity contribution in [3.05, 3.63) is 0 Å². The van der Waals surface area contributed by atoms with Gasteiger partial charge in [-0.1, -0.05) is 43.4 Å². The average molecular weight is 311 g/mol. The van der Waals surface area contributed by atoms with E-state index in [1.165, 1.54) is 0 Å². The molecule has 82 valence electrons. The Kier molecular flexibility index (Phi) is 3.46. The SMILES string of the molecule is CC(I)N1C(=O)C(C(C)(C)C)CC1O. The summed E-state index contributed by atoms with van der Waals surface area (Å²) < 4.78 is 0.0578. The Labute approximate surface area is 99.0 Å². The zero-order valence-electron chi connectivity index (χ0n) is 9.12. The molecular weight excluding hydrogens is 293 g/mol. The Hall–Kier alpha value is 0.160. The lowest BCUT2D eigenvalue weighted by Crippen LogP contribution is -2.39. The Morgan fingerprint density at radius 1 is 1.57 bits per heavy atom. The number of amides is 1. The van der Waals surface area contributed by atoms with Crippen LogP contribution in [0.25, 0.3) is 0 Å². The molecule has 1 heterocycles. The van der Waals surface area contributed by atoms with Crippen LogP contribution in [-0.2, 0) is 4.79 Å². The van der Waals surface area contributed by atoms with E-state index >= 15 is 0 Å². The van der Waals surface area contributed by atoms with Gasteiger partial charge in [0.2, 0.25) is 5.91 Å². The molecule has 0 aromatic heterocycles. The number of rotatable bonds is 1. The van der Waals surface area contributed by atoms with Gasteiger partial charge < -0.3 is 10.0 Å². The molecule has 1 saturated heterocycles. The van der Waals surface area contributed by atoms with Crippen molar-refractivity contribution in [2.45, 2.75) is 44.4 Å². The number of hydrogen-bond acceptors (Lipinski definition) is 2. The van der Waals surface area contributed by atoms with Crippen molar-refractivity contribution in [1.82, 2.24) is 4.90 Å². The van der Waals surface area contributed by atoms with E-state index < -0.39 is 6.23 Å². The van der Waals surface area contributed by atoms with Gasteiger partial charge in [0.05, 0.1) is 4.05 Å². The second-order valence-electron chi connectivity index (χ2n) is 4.95. The van der Waals surface area contributed by atoms with E-state index in [-0.39, 0.29) is 21.3 Å². The molecule has 3 atom stereocenters. The van der Waals surface area contributed by atoms with Crippen molar-refractivity contribution in [1.29, 1.82) is 0 Å². The molecule has 0 radical (unpaired) electrons. The van der Waals surface area contributed by atoms with Crippen molar-refractivity contribution in [3.63, 3.8) is 0 Å². The lowest BCUT2D eigenvalue weighted by Gasteiger charge is -2.26. The number of hydrogen-bond donors (Lipinski definition) is 1. The third-order valence-electron chi connectivity index (χ3n) is 2.75. The lowest BCUT2D eigenvalue weighted by molar-refractivity contribution is -0.137. The number of aliphatic hydroxyl groups is 1. The summed E-state index contributed by atoms with van der Waals surface area (Å²) in [6, 6.07) is 0. The van der Waals surface area contributed by atoms with Gasteiger partial charge in [0.15, 0.2) is 0 Å². The van der Waals surface area contributed by atoms with Crippen LogP contribution in [0.3, 0.4) is 0 Å². The maximum absolute atomic E-state index is 12.0. The molecule has 14 heavy (non-hydrogen) atoms. The number of carbonyl (C=O) groups excluding carboxylic acids is 1. The Morgan fingerprint density at radius 2 is 2.07 bits per heavy atom. The molecule has 0 bridgehead atoms. The van der Waals surface area contributed by atoms with Crippen LogP contribution in [0.1, 0.15) is 34.1 Å². The fourth-order valence-electron chi connectivity index (χ4n) is 1.89. The molecule has 3 unspecified atom stereocenters. The van der Waals surface area contributed by atoms with Crippen molar-refractivity contribution < 1.29 is 9.90 Å². The number of carbonyl (C=O) groups is 1. The second-order valence-corrected chi connectivity index (χ2v) is 6.76. The fraction of sp³-hybridized carbons (Fsp3) is 0.900. The second kappa shape index (κ2) is 3.96. The van der Waals surface area contributed by atoms with Gasteiger partial charge >= 0.3 is 0 Å². The number of nitrogens with zero attached hydrogens (tertiary/aromatic N) is 1. The van der Waals surface area contributed by atoms with Crippen LogP contribution in [0, 0.1) is 11.3 Å². The van der Waals surface area contributed by atoms with Crippen LogP contribution >= 0.6 is 22.6 Å². The Balaban J connectivity index is 2.85. The quantitative estimate of drug-likeness (QED) is 0.457. The summed E-state index contributed by atoms with van der Waals surface area (Å²) in [5.74, 6) is 0.0432. The van der Waals surface area contributed by atoms with Gasteiger partial charge in [0.1, 0.15) is 6.23 Å². The van der Waals surface area contributed by atoms with E-state index in [1.54, 1.807) is 4.90 Å². The number of likely N-dealkylation sites (tertiary alicyclic amines) is 1. The fourth-order valence-corrected chi connectivity index (χ4v) is 2.53. The van der Waals surface area contributed by atoms with Gasteiger partial charge in [-0.3, -0.25) is 4.79 Å². The van der Waals surface area contributed by atoms with Gasteiger partial charge in [-0.05, 0) is 12.3 Å². The standard InChI is InChI=1S/C10H18INO2/c1-6(11)12-8(13)5-7(9(12)14)10(2,3)4/h6-8,13H,5H2,1-4H3. The maximum Gasteiger partial charge on any atom is 0.229 e. The first-order valence-corrected chi connectivity index (χ1v) is 6.14. The van der Waals surface area contributed by atoms with Crippen molar-refractivity contribution in [3.8, 4) is 0 Å².